The zero-order chi connectivity index (χ0) is 8.97. The molecule has 1 atom stereocenters. The highest BCUT2D eigenvalue weighted by atomic mass is 35.5. The number of hydrogen-bond acceptors (Lipinski definition) is 2. The van der Waals surface area contributed by atoms with Crippen LogP contribution in [0.4, 0.5) is 4.39 Å². The topological polar surface area (TPSA) is 46.2 Å². The Kier molecular flexibility index (Phi) is 5.42. The maximum absolute atomic E-state index is 11.9. The van der Waals surface area contributed by atoms with Gasteiger partial charge >= 0.3 is 0 Å². The fraction of sp³-hybridized carbons (Fsp3) is 0.333. The molecule has 0 aliphatic rings. The Bertz CT molecular complexity index is 257. The molecule has 3 N–H and O–H groups in total. The molecular weight excluding hydrogens is 193 g/mol. The van der Waals surface area contributed by atoms with E-state index in [1.807, 2.05) is 0 Å². The predicted molar refractivity (Wildman–Crippen MR) is 52.9 cm³/mol. The number of halogens is 2. The highest BCUT2D eigenvalue weighted by Gasteiger charge is 2.05. The Morgan fingerprint density at radius 2 is 2.15 bits per heavy atom. The van der Waals surface area contributed by atoms with Crippen LogP contribution in [0.25, 0.3) is 0 Å². The van der Waals surface area contributed by atoms with E-state index in [-0.39, 0.29) is 24.2 Å². The van der Waals surface area contributed by atoms with Crippen LogP contribution in [-0.4, -0.2) is 11.8 Å². The standard InChI is InChI=1S/C9H12FNO.ClH/c10-5-4-9(11)7-2-1-3-8(12)6-7;/h1-3,6,9,12H,4-5,11H2;1H/t9-;/m0./s1. The molecule has 13 heavy (non-hydrogen) atoms. The number of hydrogen-bond donors (Lipinski definition) is 2. The van der Waals surface area contributed by atoms with Gasteiger partial charge in [0.2, 0.25) is 0 Å². The molecule has 0 saturated heterocycles. The Morgan fingerprint density at radius 3 is 2.69 bits per heavy atom. The largest absolute Gasteiger partial charge is 0.508 e. The fourth-order valence-electron chi connectivity index (χ4n) is 1.04. The Morgan fingerprint density at radius 1 is 1.46 bits per heavy atom. The summed E-state index contributed by atoms with van der Waals surface area (Å²) in [5.41, 5.74) is 6.39. The van der Waals surface area contributed by atoms with E-state index in [1.165, 1.54) is 0 Å². The zero-order valence-corrected chi connectivity index (χ0v) is 7.93. The number of phenols is 1. The summed E-state index contributed by atoms with van der Waals surface area (Å²) in [7, 11) is 0. The monoisotopic (exact) mass is 205 g/mol. The van der Waals surface area contributed by atoms with Crippen LogP contribution in [-0.2, 0) is 0 Å². The van der Waals surface area contributed by atoms with E-state index in [0.717, 1.165) is 5.56 Å². The van der Waals surface area contributed by atoms with Gasteiger partial charge in [0.1, 0.15) is 5.75 Å². The van der Waals surface area contributed by atoms with E-state index in [4.69, 9.17) is 10.8 Å². The Labute approximate surface area is 83.0 Å². The van der Waals surface area contributed by atoms with Crippen molar-refractivity contribution in [3.05, 3.63) is 29.8 Å². The molecule has 1 rings (SSSR count). The average molecular weight is 206 g/mol. The molecule has 4 heteroatoms. The van der Waals surface area contributed by atoms with Crippen molar-refractivity contribution in [1.82, 2.24) is 0 Å². The Hall–Kier alpha value is -0.800. The minimum absolute atomic E-state index is 0. The summed E-state index contributed by atoms with van der Waals surface area (Å²) in [5.74, 6) is 0.168. The third-order valence-electron chi connectivity index (χ3n) is 1.72. The molecular formula is C9H13ClFNO. The second-order valence-corrected chi connectivity index (χ2v) is 2.68. The molecule has 0 aliphatic heterocycles. The number of aromatic hydroxyl groups is 1. The van der Waals surface area contributed by atoms with Gasteiger partial charge in [0.25, 0.3) is 0 Å². The normalized spacial score (nSPS) is 11.8. The molecule has 1 aromatic carbocycles. The van der Waals surface area contributed by atoms with Crippen molar-refractivity contribution >= 4 is 12.4 Å². The van der Waals surface area contributed by atoms with Crippen LogP contribution in [0.1, 0.15) is 18.0 Å². The molecule has 0 saturated carbocycles. The van der Waals surface area contributed by atoms with Crippen LogP contribution in [0, 0.1) is 0 Å². The zero-order valence-electron chi connectivity index (χ0n) is 7.11. The van der Waals surface area contributed by atoms with Crippen molar-refractivity contribution in [3.63, 3.8) is 0 Å². The van der Waals surface area contributed by atoms with Crippen LogP contribution < -0.4 is 5.73 Å². The number of rotatable bonds is 3. The number of alkyl halides is 1. The lowest BCUT2D eigenvalue weighted by Crippen LogP contribution is -2.10. The van der Waals surface area contributed by atoms with Crippen LogP contribution >= 0.6 is 12.4 Å². The van der Waals surface area contributed by atoms with E-state index < -0.39 is 6.67 Å². The van der Waals surface area contributed by atoms with Gasteiger partial charge in [0, 0.05) is 6.04 Å². The number of nitrogens with two attached hydrogens (primary N) is 1. The molecule has 0 spiro atoms. The lowest BCUT2D eigenvalue weighted by atomic mass is 10.1. The summed E-state index contributed by atoms with van der Waals surface area (Å²) < 4.78 is 11.9. The molecule has 74 valence electrons. The maximum atomic E-state index is 11.9. The molecule has 0 fully saturated rings. The van der Waals surface area contributed by atoms with E-state index in [2.05, 4.69) is 0 Å². The lowest BCUT2D eigenvalue weighted by Gasteiger charge is -2.09. The van der Waals surface area contributed by atoms with Crippen LogP contribution in [0.2, 0.25) is 0 Å². The summed E-state index contributed by atoms with van der Waals surface area (Å²) >= 11 is 0. The fourth-order valence-corrected chi connectivity index (χ4v) is 1.04. The second kappa shape index (κ2) is 5.78. The first kappa shape index (κ1) is 12.2. The maximum Gasteiger partial charge on any atom is 0.115 e. The predicted octanol–water partition coefficient (Wildman–Crippen LogP) is 2.17. The van der Waals surface area contributed by atoms with E-state index in [0.29, 0.717) is 6.42 Å². The third-order valence-corrected chi connectivity index (χ3v) is 1.72. The van der Waals surface area contributed by atoms with Gasteiger partial charge in [-0.1, -0.05) is 12.1 Å². The molecule has 0 unspecified atom stereocenters. The second-order valence-electron chi connectivity index (χ2n) is 2.68. The van der Waals surface area contributed by atoms with Gasteiger partial charge in [0.15, 0.2) is 0 Å². The van der Waals surface area contributed by atoms with Crippen molar-refractivity contribution in [2.75, 3.05) is 6.67 Å². The molecule has 0 bridgehead atoms. The van der Waals surface area contributed by atoms with Crippen molar-refractivity contribution < 1.29 is 9.50 Å². The van der Waals surface area contributed by atoms with Gasteiger partial charge in [-0.25, -0.2) is 0 Å². The molecule has 0 amide bonds. The van der Waals surface area contributed by atoms with Gasteiger partial charge in [-0.2, -0.15) is 0 Å². The summed E-state index contributed by atoms with van der Waals surface area (Å²) in [4.78, 5) is 0. The van der Waals surface area contributed by atoms with Crippen LogP contribution in [0.5, 0.6) is 5.75 Å². The first-order chi connectivity index (χ1) is 5.74. The van der Waals surface area contributed by atoms with Gasteiger partial charge < -0.3 is 10.8 Å². The lowest BCUT2D eigenvalue weighted by molar-refractivity contribution is 0.439. The SMILES string of the molecule is Cl.N[C@@H](CCF)c1cccc(O)c1. The number of benzene rings is 1. The molecule has 1 aromatic rings. The first-order valence-electron chi connectivity index (χ1n) is 3.84. The third kappa shape index (κ3) is 3.61. The van der Waals surface area contributed by atoms with E-state index in [9.17, 15) is 4.39 Å². The number of phenolic OH excluding ortho intramolecular Hbond substituents is 1. The first-order valence-corrected chi connectivity index (χ1v) is 3.84. The molecule has 0 aromatic heterocycles. The van der Waals surface area contributed by atoms with Crippen molar-refractivity contribution in [2.45, 2.75) is 12.5 Å². The van der Waals surface area contributed by atoms with Crippen LogP contribution in [0.15, 0.2) is 24.3 Å². The summed E-state index contributed by atoms with van der Waals surface area (Å²) in [5, 5.41) is 9.08. The van der Waals surface area contributed by atoms with Crippen molar-refractivity contribution in [1.29, 1.82) is 0 Å². The Balaban J connectivity index is 0.00000144. The van der Waals surface area contributed by atoms with E-state index in [1.54, 1.807) is 24.3 Å². The van der Waals surface area contributed by atoms with Crippen molar-refractivity contribution in [2.24, 2.45) is 5.73 Å². The summed E-state index contributed by atoms with van der Waals surface area (Å²) in [6, 6.07) is 6.27. The highest BCUT2D eigenvalue weighted by Crippen LogP contribution is 2.18. The minimum atomic E-state index is -0.434. The van der Waals surface area contributed by atoms with Gasteiger partial charge in [-0.3, -0.25) is 4.39 Å². The molecule has 2 nitrogen and oxygen atoms in total. The minimum Gasteiger partial charge on any atom is -0.508 e. The highest BCUT2D eigenvalue weighted by molar-refractivity contribution is 5.85. The average Bonchev–Trinajstić information content (AvgIpc) is 2.05. The summed E-state index contributed by atoms with van der Waals surface area (Å²) in [6.07, 6.45) is 0.295. The van der Waals surface area contributed by atoms with Gasteiger partial charge in [0.05, 0.1) is 6.67 Å². The molecule has 0 aliphatic carbocycles. The van der Waals surface area contributed by atoms with Crippen molar-refractivity contribution in [3.8, 4) is 5.75 Å². The van der Waals surface area contributed by atoms with Crippen LogP contribution in [0.3, 0.4) is 0 Å². The van der Waals surface area contributed by atoms with E-state index >= 15 is 0 Å². The molecule has 0 heterocycles. The van der Waals surface area contributed by atoms with Gasteiger partial charge in [-0.05, 0) is 24.1 Å². The quantitative estimate of drug-likeness (QED) is 0.795. The van der Waals surface area contributed by atoms with Gasteiger partial charge in [-0.15, -0.1) is 12.4 Å². The summed E-state index contributed by atoms with van der Waals surface area (Å²) in [6.45, 7) is -0.434. The molecule has 0 radical (unpaired) electrons. The smallest absolute Gasteiger partial charge is 0.115 e.